The first-order chi connectivity index (χ1) is 18.1. The van der Waals surface area contributed by atoms with Crippen LogP contribution in [0.5, 0.6) is 0 Å². The highest BCUT2D eigenvalue weighted by atomic mass is 79.9. The van der Waals surface area contributed by atoms with E-state index in [1.165, 1.54) is 5.56 Å². The van der Waals surface area contributed by atoms with Crippen LogP contribution >= 0.6 is 27.5 Å². The van der Waals surface area contributed by atoms with Gasteiger partial charge in [-0.1, -0.05) is 84.4 Å². The standard InChI is InChI=1S/C29H25BrClN5O/c30-24-19-34-36-27(16-26(35-29(24)36)23-8-4-5-9-25(23)31)32-17-21-10-12-22(13-11-21)18-33-28(37)15-14-20-6-2-1-3-7-20/h1-13,16,19,32H,14-15,17-18H2,(H,33,37). The second kappa shape index (κ2) is 11.6. The third kappa shape index (κ3) is 6.18. The fourth-order valence-corrected chi connectivity index (χ4v) is 4.61. The molecule has 186 valence electrons. The van der Waals surface area contributed by atoms with Gasteiger partial charge in [0.2, 0.25) is 5.91 Å². The normalized spacial score (nSPS) is 11.0. The summed E-state index contributed by atoms with van der Waals surface area (Å²) in [6.45, 7) is 1.11. The Labute approximate surface area is 228 Å². The highest BCUT2D eigenvalue weighted by Gasteiger charge is 2.13. The number of nitrogens with zero attached hydrogens (tertiary/aromatic N) is 3. The number of amides is 1. The molecule has 5 rings (SSSR count). The van der Waals surface area contributed by atoms with Gasteiger partial charge in [-0.25, -0.2) is 4.98 Å². The van der Waals surface area contributed by atoms with Gasteiger partial charge in [-0.3, -0.25) is 4.79 Å². The lowest BCUT2D eigenvalue weighted by Gasteiger charge is -2.12. The highest BCUT2D eigenvalue weighted by Crippen LogP contribution is 2.30. The zero-order chi connectivity index (χ0) is 25.6. The molecule has 2 aromatic heterocycles. The van der Waals surface area contributed by atoms with Gasteiger partial charge in [-0.2, -0.15) is 9.61 Å². The maximum Gasteiger partial charge on any atom is 0.220 e. The van der Waals surface area contributed by atoms with E-state index in [0.29, 0.717) is 30.2 Å². The van der Waals surface area contributed by atoms with Crippen LogP contribution in [-0.2, 0) is 24.3 Å². The van der Waals surface area contributed by atoms with Crippen molar-refractivity contribution in [3.05, 3.63) is 117 Å². The number of hydrogen-bond acceptors (Lipinski definition) is 4. The Morgan fingerprint density at radius 1 is 0.892 bits per heavy atom. The Bertz CT molecular complexity index is 1520. The molecule has 0 bridgehead atoms. The van der Waals surface area contributed by atoms with Crippen molar-refractivity contribution in [2.75, 3.05) is 5.32 Å². The van der Waals surface area contributed by atoms with Crippen LogP contribution in [-0.4, -0.2) is 20.5 Å². The van der Waals surface area contributed by atoms with Gasteiger partial charge in [-0.15, -0.1) is 0 Å². The lowest BCUT2D eigenvalue weighted by molar-refractivity contribution is -0.121. The van der Waals surface area contributed by atoms with Crippen molar-refractivity contribution >= 4 is 44.9 Å². The largest absolute Gasteiger partial charge is 0.366 e. The number of aromatic nitrogens is 3. The number of carbonyl (C=O) groups is 1. The van der Waals surface area contributed by atoms with Gasteiger partial charge in [-0.05, 0) is 45.1 Å². The zero-order valence-corrected chi connectivity index (χ0v) is 22.3. The fourth-order valence-electron chi connectivity index (χ4n) is 4.03. The third-order valence-electron chi connectivity index (χ3n) is 6.05. The second-order valence-corrected chi connectivity index (χ2v) is 9.93. The van der Waals surface area contributed by atoms with Crippen LogP contribution < -0.4 is 10.6 Å². The van der Waals surface area contributed by atoms with Crippen LogP contribution in [0, 0.1) is 0 Å². The van der Waals surface area contributed by atoms with Gasteiger partial charge in [0.1, 0.15) is 5.82 Å². The summed E-state index contributed by atoms with van der Waals surface area (Å²) in [6, 6.07) is 27.9. The monoisotopic (exact) mass is 573 g/mol. The molecule has 37 heavy (non-hydrogen) atoms. The van der Waals surface area contributed by atoms with E-state index in [-0.39, 0.29) is 5.91 Å². The molecular weight excluding hydrogens is 550 g/mol. The zero-order valence-electron chi connectivity index (χ0n) is 20.0. The average molecular weight is 575 g/mol. The molecule has 3 aromatic carbocycles. The summed E-state index contributed by atoms with van der Waals surface area (Å²) in [7, 11) is 0. The van der Waals surface area contributed by atoms with Crippen LogP contribution in [0.3, 0.4) is 0 Å². The second-order valence-electron chi connectivity index (χ2n) is 8.67. The number of nitrogens with one attached hydrogen (secondary N) is 2. The number of fused-ring (bicyclic) bond motifs is 1. The van der Waals surface area contributed by atoms with Crippen LogP contribution in [0.15, 0.2) is 95.6 Å². The van der Waals surface area contributed by atoms with Crippen molar-refractivity contribution in [2.24, 2.45) is 0 Å². The van der Waals surface area contributed by atoms with Crippen LogP contribution in [0.2, 0.25) is 5.02 Å². The predicted octanol–water partition coefficient (Wildman–Crippen LogP) is 6.67. The Hall–Kier alpha value is -3.68. The smallest absolute Gasteiger partial charge is 0.220 e. The molecule has 0 saturated heterocycles. The Kier molecular flexibility index (Phi) is 7.82. The van der Waals surface area contributed by atoms with Gasteiger partial charge in [0, 0.05) is 36.2 Å². The molecule has 0 atom stereocenters. The van der Waals surface area contributed by atoms with Crippen LogP contribution in [0.25, 0.3) is 16.9 Å². The molecule has 8 heteroatoms. The van der Waals surface area contributed by atoms with E-state index in [9.17, 15) is 4.79 Å². The van der Waals surface area contributed by atoms with Crippen LogP contribution in [0.1, 0.15) is 23.1 Å². The molecule has 0 radical (unpaired) electrons. The maximum absolute atomic E-state index is 12.2. The molecule has 1 amide bonds. The van der Waals surface area contributed by atoms with E-state index in [4.69, 9.17) is 16.6 Å². The third-order valence-corrected chi connectivity index (χ3v) is 6.94. The number of rotatable bonds is 9. The van der Waals surface area contributed by atoms with Crippen LogP contribution in [0.4, 0.5) is 5.82 Å². The Morgan fingerprint density at radius 2 is 1.59 bits per heavy atom. The van der Waals surface area contributed by atoms with Crippen molar-refractivity contribution in [2.45, 2.75) is 25.9 Å². The van der Waals surface area contributed by atoms with Gasteiger partial charge in [0.15, 0.2) is 5.65 Å². The summed E-state index contributed by atoms with van der Waals surface area (Å²) in [5.74, 6) is 0.858. The molecule has 5 aromatic rings. The van der Waals surface area contributed by atoms with Gasteiger partial charge in [0.25, 0.3) is 0 Å². The number of benzene rings is 3. The molecule has 2 heterocycles. The van der Waals surface area contributed by atoms with Crippen molar-refractivity contribution < 1.29 is 4.79 Å². The van der Waals surface area contributed by atoms with Crippen molar-refractivity contribution in [1.82, 2.24) is 19.9 Å². The molecule has 0 unspecified atom stereocenters. The summed E-state index contributed by atoms with van der Waals surface area (Å²) in [5.41, 5.74) is 5.66. The number of halogens is 2. The number of aryl methyl sites for hydroxylation is 1. The van der Waals surface area contributed by atoms with Gasteiger partial charge >= 0.3 is 0 Å². The van der Waals surface area contributed by atoms with Crippen molar-refractivity contribution in [1.29, 1.82) is 0 Å². The van der Waals surface area contributed by atoms with E-state index >= 15 is 0 Å². The molecule has 6 nitrogen and oxygen atoms in total. The Balaban J connectivity index is 1.21. The topological polar surface area (TPSA) is 71.3 Å². The summed E-state index contributed by atoms with van der Waals surface area (Å²) >= 11 is 9.97. The molecule has 0 saturated carbocycles. The van der Waals surface area contributed by atoms with Crippen molar-refractivity contribution in [3.8, 4) is 11.3 Å². The molecule has 0 spiro atoms. The van der Waals surface area contributed by atoms with E-state index in [1.54, 1.807) is 10.7 Å². The van der Waals surface area contributed by atoms with Crippen molar-refractivity contribution in [3.63, 3.8) is 0 Å². The molecule has 0 fully saturated rings. The minimum Gasteiger partial charge on any atom is -0.366 e. The quantitative estimate of drug-likeness (QED) is 0.206. The van der Waals surface area contributed by atoms with Gasteiger partial charge in [0.05, 0.1) is 16.4 Å². The lowest BCUT2D eigenvalue weighted by atomic mass is 10.1. The number of hydrogen-bond donors (Lipinski definition) is 2. The molecule has 0 aliphatic rings. The van der Waals surface area contributed by atoms with E-state index in [0.717, 1.165) is 39.1 Å². The Morgan fingerprint density at radius 3 is 2.35 bits per heavy atom. The molecule has 0 aliphatic carbocycles. The van der Waals surface area contributed by atoms with E-state index in [2.05, 4.69) is 43.8 Å². The molecule has 2 N–H and O–H groups in total. The lowest BCUT2D eigenvalue weighted by Crippen LogP contribution is -2.23. The fraction of sp³-hybridized carbons (Fsp3) is 0.138. The summed E-state index contributed by atoms with van der Waals surface area (Å²) in [6.07, 6.45) is 2.95. The predicted molar refractivity (Wildman–Crippen MR) is 152 cm³/mol. The summed E-state index contributed by atoms with van der Waals surface area (Å²) < 4.78 is 2.57. The first kappa shape index (κ1) is 25.0. The highest BCUT2D eigenvalue weighted by molar-refractivity contribution is 9.10. The molecular formula is C29H25BrClN5O. The summed E-state index contributed by atoms with van der Waals surface area (Å²) in [4.78, 5) is 17.0. The minimum absolute atomic E-state index is 0.0519. The average Bonchev–Trinajstić information content (AvgIpc) is 3.31. The van der Waals surface area contributed by atoms with Gasteiger partial charge < -0.3 is 10.6 Å². The first-order valence-corrected chi connectivity index (χ1v) is 13.2. The number of carbonyl (C=O) groups excluding carboxylic acids is 1. The minimum atomic E-state index is 0.0519. The summed E-state index contributed by atoms with van der Waals surface area (Å²) in [5, 5.41) is 11.6. The number of anilines is 1. The maximum atomic E-state index is 12.2. The molecule has 0 aliphatic heterocycles. The SMILES string of the molecule is O=C(CCc1ccccc1)NCc1ccc(CNc2cc(-c3ccccc3Cl)nc3c(Br)cnn23)cc1. The van der Waals surface area contributed by atoms with E-state index < -0.39 is 0 Å². The van der Waals surface area contributed by atoms with E-state index in [1.807, 2.05) is 72.8 Å². The first-order valence-electron chi connectivity index (χ1n) is 12.0.